The summed E-state index contributed by atoms with van der Waals surface area (Å²) < 4.78 is 4.97. The van der Waals surface area contributed by atoms with Crippen LogP contribution in [0, 0.1) is 0 Å². The van der Waals surface area contributed by atoms with E-state index in [0.29, 0.717) is 17.6 Å². The normalized spacial score (nSPS) is 10.7. The number of fused-ring (bicyclic) bond motifs is 1. The lowest BCUT2D eigenvalue weighted by atomic mass is 10.1. The molecule has 1 aromatic heterocycles. The summed E-state index contributed by atoms with van der Waals surface area (Å²) in [5, 5.41) is 0. The van der Waals surface area contributed by atoms with E-state index in [4.69, 9.17) is 4.42 Å². The summed E-state index contributed by atoms with van der Waals surface area (Å²) in [6.45, 7) is 2.18. The Balaban J connectivity index is 2.14. The number of aromatic nitrogens is 1. The lowest BCUT2D eigenvalue weighted by Crippen LogP contribution is -2.26. The number of oxazole rings is 1. The second-order valence-electron chi connectivity index (χ2n) is 4.04. The van der Waals surface area contributed by atoms with E-state index in [1.54, 1.807) is 11.9 Å². The van der Waals surface area contributed by atoms with Crippen LogP contribution in [0.1, 0.15) is 12.5 Å². The molecule has 5 heteroatoms. The molecule has 0 spiro atoms. The molecule has 2 aromatic rings. The molecule has 1 N–H and O–H groups in total. The summed E-state index contributed by atoms with van der Waals surface area (Å²) >= 11 is 0. The van der Waals surface area contributed by atoms with E-state index < -0.39 is 5.76 Å². The van der Waals surface area contributed by atoms with E-state index in [1.807, 2.05) is 18.2 Å². The van der Waals surface area contributed by atoms with Crippen LogP contribution in [0.4, 0.5) is 0 Å². The zero-order valence-corrected chi connectivity index (χ0v) is 9.82. The van der Waals surface area contributed by atoms with Gasteiger partial charge in [0.1, 0.15) is 0 Å². The predicted molar refractivity (Wildman–Crippen MR) is 63.8 cm³/mol. The molecule has 0 aliphatic carbocycles. The average molecular weight is 234 g/mol. The third-order valence-electron chi connectivity index (χ3n) is 2.76. The minimum Gasteiger partial charge on any atom is -0.408 e. The molecule has 0 radical (unpaired) electrons. The molecule has 1 aromatic carbocycles. The van der Waals surface area contributed by atoms with Gasteiger partial charge in [-0.3, -0.25) is 9.78 Å². The van der Waals surface area contributed by atoms with Crippen molar-refractivity contribution in [2.75, 3.05) is 13.6 Å². The smallest absolute Gasteiger partial charge is 0.408 e. The van der Waals surface area contributed by atoms with Crippen LogP contribution in [0.15, 0.2) is 27.4 Å². The molecular formula is C12H14N2O3. The number of hydrogen-bond donors (Lipinski definition) is 1. The van der Waals surface area contributed by atoms with Gasteiger partial charge in [0.2, 0.25) is 5.91 Å². The molecule has 0 aliphatic heterocycles. The SMILES string of the molecule is CC(=O)N(C)CCc1ccc2[nH]c(=O)oc2c1. The van der Waals surface area contributed by atoms with Gasteiger partial charge in [0, 0.05) is 20.5 Å². The summed E-state index contributed by atoms with van der Waals surface area (Å²) in [5.74, 6) is -0.405. The average Bonchev–Trinajstić information content (AvgIpc) is 2.64. The van der Waals surface area contributed by atoms with Crippen molar-refractivity contribution in [3.63, 3.8) is 0 Å². The number of H-pyrrole nitrogens is 1. The molecule has 5 nitrogen and oxygen atoms in total. The van der Waals surface area contributed by atoms with Crippen molar-refractivity contribution in [2.24, 2.45) is 0 Å². The Morgan fingerprint density at radius 2 is 2.24 bits per heavy atom. The third-order valence-corrected chi connectivity index (χ3v) is 2.76. The van der Waals surface area contributed by atoms with E-state index >= 15 is 0 Å². The van der Waals surface area contributed by atoms with Crippen LogP contribution in [0.3, 0.4) is 0 Å². The van der Waals surface area contributed by atoms with Crippen LogP contribution in [-0.2, 0) is 11.2 Å². The first-order chi connectivity index (χ1) is 8.06. The number of hydrogen-bond acceptors (Lipinski definition) is 3. The van der Waals surface area contributed by atoms with Gasteiger partial charge >= 0.3 is 5.76 Å². The molecule has 90 valence electrons. The van der Waals surface area contributed by atoms with Gasteiger partial charge in [-0.1, -0.05) is 6.07 Å². The van der Waals surface area contributed by atoms with Gasteiger partial charge < -0.3 is 9.32 Å². The number of carbonyl (C=O) groups is 1. The number of benzene rings is 1. The summed E-state index contributed by atoms with van der Waals surface area (Å²) in [4.78, 5) is 26.3. The number of rotatable bonds is 3. The fraction of sp³-hybridized carbons (Fsp3) is 0.333. The van der Waals surface area contributed by atoms with Crippen molar-refractivity contribution in [1.82, 2.24) is 9.88 Å². The second kappa shape index (κ2) is 4.45. The Labute approximate surface area is 98.0 Å². The number of likely N-dealkylation sites (N-methyl/N-ethyl adjacent to an activating group) is 1. The van der Waals surface area contributed by atoms with Crippen molar-refractivity contribution in [3.05, 3.63) is 34.3 Å². The fourth-order valence-corrected chi connectivity index (χ4v) is 1.60. The fourth-order valence-electron chi connectivity index (χ4n) is 1.60. The molecule has 17 heavy (non-hydrogen) atoms. The van der Waals surface area contributed by atoms with Gasteiger partial charge in [-0.25, -0.2) is 4.79 Å². The first-order valence-corrected chi connectivity index (χ1v) is 5.40. The van der Waals surface area contributed by atoms with Crippen LogP contribution in [0.2, 0.25) is 0 Å². The highest BCUT2D eigenvalue weighted by Crippen LogP contribution is 2.12. The van der Waals surface area contributed by atoms with Crippen LogP contribution in [0.5, 0.6) is 0 Å². The topological polar surface area (TPSA) is 66.3 Å². The van der Waals surface area contributed by atoms with Crippen molar-refractivity contribution in [1.29, 1.82) is 0 Å². The van der Waals surface area contributed by atoms with Crippen molar-refractivity contribution >= 4 is 17.0 Å². The number of nitrogens with one attached hydrogen (secondary N) is 1. The van der Waals surface area contributed by atoms with Crippen LogP contribution < -0.4 is 5.76 Å². The second-order valence-corrected chi connectivity index (χ2v) is 4.04. The number of aromatic amines is 1. The van der Waals surface area contributed by atoms with Gasteiger partial charge in [0.15, 0.2) is 5.58 Å². The zero-order chi connectivity index (χ0) is 12.4. The Hall–Kier alpha value is -2.04. The van der Waals surface area contributed by atoms with Crippen LogP contribution in [0.25, 0.3) is 11.1 Å². The lowest BCUT2D eigenvalue weighted by molar-refractivity contribution is -0.127. The van der Waals surface area contributed by atoms with E-state index in [9.17, 15) is 9.59 Å². The van der Waals surface area contributed by atoms with Gasteiger partial charge in [0.25, 0.3) is 0 Å². The van der Waals surface area contributed by atoms with Crippen LogP contribution in [-0.4, -0.2) is 29.4 Å². The molecule has 0 fully saturated rings. The first kappa shape index (κ1) is 11.4. The summed E-state index contributed by atoms with van der Waals surface area (Å²) in [6, 6.07) is 5.55. The largest absolute Gasteiger partial charge is 0.417 e. The minimum absolute atomic E-state index is 0.0410. The maximum Gasteiger partial charge on any atom is 0.417 e. The maximum absolute atomic E-state index is 11.0. The zero-order valence-electron chi connectivity index (χ0n) is 9.82. The molecular weight excluding hydrogens is 220 g/mol. The Morgan fingerprint density at radius 1 is 1.47 bits per heavy atom. The van der Waals surface area contributed by atoms with E-state index in [2.05, 4.69) is 4.98 Å². The third kappa shape index (κ3) is 2.55. The lowest BCUT2D eigenvalue weighted by Gasteiger charge is -2.14. The first-order valence-electron chi connectivity index (χ1n) is 5.40. The highest BCUT2D eigenvalue weighted by atomic mass is 16.4. The monoisotopic (exact) mass is 234 g/mol. The van der Waals surface area contributed by atoms with Crippen LogP contribution >= 0.6 is 0 Å². The molecule has 0 atom stereocenters. The Bertz CT molecular complexity index is 597. The van der Waals surface area contributed by atoms with Gasteiger partial charge in [-0.05, 0) is 24.1 Å². The Kier molecular flexibility index (Phi) is 2.99. The highest BCUT2D eigenvalue weighted by molar-refractivity contribution is 5.73. The molecule has 0 saturated carbocycles. The summed E-state index contributed by atoms with van der Waals surface area (Å²) in [5.41, 5.74) is 2.28. The highest BCUT2D eigenvalue weighted by Gasteiger charge is 2.05. The minimum atomic E-state index is -0.446. The molecule has 0 unspecified atom stereocenters. The Morgan fingerprint density at radius 3 is 2.94 bits per heavy atom. The summed E-state index contributed by atoms with van der Waals surface area (Å²) in [7, 11) is 1.76. The van der Waals surface area contributed by atoms with Gasteiger partial charge in [-0.15, -0.1) is 0 Å². The van der Waals surface area contributed by atoms with Crippen molar-refractivity contribution in [2.45, 2.75) is 13.3 Å². The van der Waals surface area contributed by atoms with E-state index in [1.165, 1.54) is 6.92 Å². The molecule has 0 aliphatic rings. The molecule has 2 rings (SSSR count). The quantitative estimate of drug-likeness (QED) is 0.866. The van der Waals surface area contributed by atoms with Crippen molar-refractivity contribution in [3.8, 4) is 0 Å². The molecule has 0 bridgehead atoms. The standard InChI is InChI=1S/C12H14N2O3/c1-8(15)14(2)6-5-9-3-4-10-11(7-9)17-12(16)13-10/h3-4,7H,5-6H2,1-2H3,(H,13,16). The number of amides is 1. The predicted octanol–water partition coefficient (Wildman–Crippen LogP) is 1.14. The molecule has 0 saturated heterocycles. The summed E-state index contributed by atoms with van der Waals surface area (Å²) in [6.07, 6.45) is 0.737. The van der Waals surface area contributed by atoms with Gasteiger partial charge in [-0.2, -0.15) is 0 Å². The molecule has 1 amide bonds. The number of nitrogens with zero attached hydrogens (tertiary/aromatic N) is 1. The van der Waals surface area contributed by atoms with E-state index in [-0.39, 0.29) is 5.91 Å². The number of carbonyl (C=O) groups excluding carboxylic acids is 1. The molecule has 1 heterocycles. The maximum atomic E-state index is 11.0. The van der Waals surface area contributed by atoms with E-state index in [0.717, 1.165) is 12.0 Å². The van der Waals surface area contributed by atoms with Gasteiger partial charge in [0.05, 0.1) is 5.52 Å². The van der Waals surface area contributed by atoms with Crippen molar-refractivity contribution < 1.29 is 9.21 Å².